The van der Waals surface area contributed by atoms with Gasteiger partial charge in [-0.1, -0.05) is 6.92 Å². The molecular formula is C8H9N3O. The molecule has 2 aromatic heterocycles. The Morgan fingerprint density at radius 1 is 1.58 bits per heavy atom. The Morgan fingerprint density at radius 2 is 2.42 bits per heavy atom. The lowest BCUT2D eigenvalue weighted by molar-refractivity contribution is 0.829. The van der Waals surface area contributed by atoms with Crippen LogP contribution in [0.3, 0.4) is 0 Å². The molecule has 0 amide bonds. The van der Waals surface area contributed by atoms with Gasteiger partial charge in [0.2, 0.25) is 0 Å². The third kappa shape index (κ3) is 0.845. The average Bonchev–Trinajstić information content (AvgIpc) is 2.49. The van der Waals surface area contributed by atoms with Crippen molar-refractivity contribution in [3.05, 3.63) is 34.5 Å². The van der Waals surface area contributed by atoms with Gasteiger partial charge in [0, 0.05) is 5.69 Å². The van der Waals surface area contributed by atoms with Crippen LogP contribution in [-0.2, 0) is 6.42 Å². The number of hydrogen-bond acceptors (Lipinski definition) is 2. The number of aryl methyl sites for hydroxylation is 1. The van der Waals surface area contributed by atoms with Crippen molar-refractivity contribution in [2.75, 3.05) is 0 Å². The first-order valence-corrected chi connectivity index (χ1v) is 3.87. The normalized spacial score (nSPS) is 10.8. The minimum Gasteiger partial charge on any atom is -0.310 e. The quantitative estimate of drug-likeness (QED) is 0.668. The summed E-state index contributed by atoms with van der Waals surface area (Å²) in [6.45, 7) is 2.03. The monoisotopic (exact) mass is 163 g/mol. The molecule has 0 unspecified atom stereocenters. The third-order valence-electron chi connectivity index (χ3n) is 1.90. The van der Waals surface area contributed by atoms with E-state index in [4.69, 9.17) is 0 Å². The molecule has 62 valence electrons. The lowest BCUT2D eigenvalue weighted by Gasteiger charge is -1.95. The summed E-state index contributed by atoms with van der Waals surface area (Å²) in [5, 5.41) is 4.03. The molecule has 2 rings (SSSR count). The van der Waals surface area contributed by atoms with Crippen LogP contribution < -0.4 is 5.56 Å². The summed E-state index contributed by atoms with van der Waals surface area (Å²) in [5.41, 5.74) is 1.56. The van der Waals surface area contributed by atoms with Crippen LogP contribution in [0, 0.1) is 0 Å². The maximum absolute atomic E-state index is 11.2. The van der Waals surface area contributed by atoms with Gasteiger partial charge in [-0.2, -0.15) is 5.10 Å². The molecule has 4 nitrogen and oxygen atoms in total. The van der Waals surface area contributed by atoms with Crippen molar-refractivity contribution in [1.29, 1.82) is 0 Å². The molecule has 2 heterocycles. The van der Waals surface area contributed by atoms with E-state index < -0.39 is 0 Å². The highest BCUT2D eigenvalue weighted by atomic mass is 16.1. The first-order chi connectivity index (χ1) is 5.83. The van der Waals surface area contributed by atoms with Crippen LogP contribution in [0.25, 0.3) is 5.52 Å². The first-order valence-electron chi connectivity index (χ1n) is 3.87. The zero-order valence-electron chi connectivity index (χ0n) is 6.74. The smallest absolute Gasteiger partial charge is 0.275 e. The topological polar surface area (TPSA) is 50.2 Å². The number of rotatable bonds is 1. The highest BCUT2D eigenvalue weighted by Gasteiger charge is 2.01. The molecule has 4 heteroatoms. The van der Waals surface area contributed by atoms with Gasteiger partial charge < -0.3 is 4.98 Å². The molecule has 2 aromatic rings. The summed E-state index contributed by atoms with van der Waals surface area (Å²) in [5.74, 6) is 0. The maximum Gasteiger partial charge on any atom is 0.275 e. The van der Waals surface area contributed by atoms with Gasteiger partial charge >= 0.3 is 0 Å². The second kappa shape index (κ2) is 2.48. The lowest BCUT2D eigenvalue weighted by atomic mass is 10.3. The summed E-state index contributed by atoms with van der Waals surface area (Å²) in [7, 11) is 0. The highest BCUT2D eigenvalue weighted by molar-refractivity contribution is 5.45. The fraction of sp³-hybridized carbons (Fsp3) is 0.250. The maximum atomic E-state index is 11.2. The summed E-state index contributed by atoms with van der Waals surface area (Å²) >= 11 is 0. The molecule has 0 spiro atoms. The van der Waals surface area contributed by atoms with Crippen LogP contribution in [0.5, 0.6) is 0 Å². The molecule has 0 aliphatic heterocycles. The molecule has 1 N–H and O–H groups in total. The highest BCUT2D eigenvalue weighted by Crippen LogP contribution is 2.03. The predicted octanol–water partition coefficient (Wildman–Crippen LogP) is 0.585. The van der Waals surface area contributed by atoms with E-state index in [1.54, 1.807) is 10.6 Å². The van der Waals surface area contributed by atoms with E-state index in [0.717, 1.165) is 12.1 Å². The fourth-order valence-corrected chi connectivity index (χ4v) is 1.27. The minimum absolute atomic E-state index is 0.0929. The second-order valence-electron chi connectivity index (χ2n) is 2.59. The third-order valence-corrected chi connectivity index (χ3v) is 1.90. The van der Waals surface area contributed by atoms with Crippen LogP contribution in [-0.4, -0.2) is 14.6 Å². The minimum atomic E-state index is -0.0929. The van der Waals surface area contributed by atoms with Crippen molar-refractivity contribution in [3.63, 3.8) is 0 Å². The van der Waals surface area contributed by atoms with Crippen molar-refractivity contribution < 1.29 is 0 Å². The van der Waals surface area contributed by atoms with Crippen LogP contribution in [0.2, 0.25) is 0 Å². The van der Waals surface area contributed by atoms with E-state index in [-0.39, 0.29) is 5.56 Å². The molecule has 0 aromatic carbocycles. The summed E-state index contributed by atoms with van der Waals surface area (Å²) in [6, 6.07) is 3.70. The van der Waals surface area contributed by atoms with Crippen molar-refractivity contribution in [2.45, 2.75) is 13.3 Å². The Balaban J connectivity index is 2.89. The van der Waals surface area contributed by atoms with Gasteiger partial charge in [0.15, 0.2) is 0 Å². The molecule has 0 aliphatic carbocycles. The van der Waals surface area contributed by atoms with E-state index in [1.807, 2.05) is 13.0 Å². The largest absolute Gasteiger partial charge is 0.310 e. The zero-order chi connectivity index (χ0) is 8.55. The number of H-pyrrole nitrogens is 1. The van der Waals surface area contributed by atoms with Gasteiger partial charge in [-0.15, -0.1) is 0 Å². The molecule has 12 heavy (non-hydrogen) atoms. The molecule has 0 saturated heterocycles. The lowest BCUT2D eigenvalue weighted by Crippen LogP contribution is -2.11. The van der Waals surface area contributed by atoms with E-state index >= 15 is 0 Å². The molecule has 0 radical (unpaired) electrons. The number of aromatic amines is 1. The fourth-order valence-electron chi connectivity index (χ4n) is 1.27. The van der Waals surface area contributed by atoms with Crippen LogP contribution in [0.1, 0.15) is 12.6 Å². The van der Waals surface area contributed by atoms with Crippen molar-refractivity contribution >= 4 is 5.52 Å². The summed E-state index contributed by atoms with van der Waals surface area (Å²) in [4.78, 5) is 13.7. The number of nitrogens with one attached hydrogen (secondary N) is 1. The molecule has 0 bridgehead atoms. The van der Waals surface area contributed by atoms with E-state index in [2.05, 4.69) is 10.1 Å². The summed E-state index contributed by atoms with van der Waals surface area (Å²) in [6.07, 6.45) is 2.29. The number of nitrogens with zero attached hydrogens (tertiary/aromatic N) is 2. The molecule has 0 fully saturated rings. The van der Waals surface area contributed by atoms with Gasteiger partial charge in [0.25, 0.3) is 5.56 Å². The van der Waals surface area contributed by atoms with Gasteiger partial charge in [0.1, 0.15) is 11.8 Å². The van der Waals surface area contributed by atoms with Crippen molar-refractivity contribution in [3.8, 4) is 0 Å². The number of fused-ring (bicyclic) bond motifs is 1. The van der Waals surface area contributed by atoms with Gasteiger partial charge in [0.05, 0.1) is 0 Å². The molecular weight excluding hydrogens is 154 g/mol. The molecule has 0 aliphatic rings. The van der Waals surface area contributed by atoms with Crippen LogP contribution in [0.15, 0.2) is 23.3 Å². The van der Waals surface area contributed by atoms with E-state index in [9.17, 15) is 4.79 Å². The number of hydrogen-bond donors (Lipinski definition) is 1. The molecule has 0 atom stereocenters. The second-order valence-corrected chi connectivity index (χ2v) is 2.59. The van der Waals surface area contributed by atoms with E-state index in [0.29, 0.717) is 5.52 Å². The Kier molecular flexibility index (Phi) is 1.46. The van der Waals surface area contributed by atoms with Gasteiger partial charge in [-0.3, -0.25) is 4.79 Å². The molecule has 0 saturated carbocycles. The zero-order valence-corrected chi connectivity index (χ0v) is 6.74. The number of aromatic nitrogens is 3. The summed E-state index contributed by atoms with van der Waals surface area (Å²) < 4.78 is 1.67. The Labute approximate surface area is 68.8 Å². The Morgan fingerprint density at radius 3 is 3.17 bits per heavy atom. The predicted molar refractivity (Wildman–Crippen MR) is 45.2 cm³/mol. The average molecular weight is 163 g/mol. The SMILES string of the molecule is CCc1ccc2c(=O)[nH]cnn12. The van der Waals surface area contributed by atoms with E-state index in [1.165, 1.54) is 6.33 Å². The van der Waals surface area contributed by atoms with Crippen LogP contribution in [0.4, 0.5) is 0 Å². The van der Waals surface area contributed by atoms with Gasteiger partial charge in [-0.25, -0.2) is 4.52 Å². The van der Waals surface area contributed by atoms with Gasteiger partial charge in [-0.05, 0) is 18.6 Å². The van der Waals surface area contributed by atoms with Crippen LogP contribution >= 0.6 is 0 Å². The Hall–Kier alpha value is -1.58. The van der Waals surface area contributed by atoms with Crippen molar-refractivity contribution in [1.82, 2.24) is 14.6 Å². The van der Waals surface area contributed by atoms with Crippen molar-refractivity contribution in [2.24, 2.45) is 0 Å². The Bertz CT molecular complexity index is 455. The standard InChI is InChI=1S/C8H9N3O/c1-2-6-3-4-7-8(12)9-5-10-11(6)7/h3-5H,2H2,1H3,(H,9,10,12). The first kappa shape index (κ1) is 7.09.